The number of fused-ring (bicyclic) bond motifs is 1. The molecular formula is C16H22N2OS. The van der Waals surface area contributed by atoms with Crippen molar-refractivity contribution in [1.29, 1.82) is 0 Å². The highest BCUT2D eigenvalue weighted by atomic mass is 32.1. The zero-order chi connectivity index (χ0) is 13.8. The van der Waals surface area contributed by atoms with Crippen molar-refractivity contribution in [2.24, 2.45) is 5.92 Å². The van der Waals surface area contributed by atoms with Gasteiger partial charge in [0.1, 0.15) is 5.01 Å². The largest absolute Gasteiger partial charge is 0.381 e. The van der Waals surface area contributed by atoms with Crippen LogP contribution in [0.2, 0.25) is 0 Å². The van der Waals surface area contributed by atoms with Gasteiger partial charge in [-0.3, -0.25) is 0 Å². The Balaban J connectivity index is 1.40. The lowest BCUT2D eigenvalue weighted by Crippen LogP contribution is -2.21. The van der Waals surface area contributed by atoms with Crippen LogP contribution in [-0.2, 0) is 4.74 Å². The van der Waals surface area contributed by atoms with Crippen molar-refractivity contribution in [3.05, 3.63) is 29.3 Å². The maximum atomic E-state index is 5.64. The van der Waals surface area contributed by atoms with Crippen molar-refractivity contribution >= 4 is 21.6 Å². The van der Waals surface area contributed by atoms with Gasteiger partial charge in [-0.2, -0.15) is 0 Å². The lowest BCUT2D eigenvalue weighted by molar-refractivity contribution is 0.121. The molecule has 0 saturated heterocycles. The zero-order valence-electron chi connectivity index (χ0n) is 12.0. The lowest BCUT2D eigenvalue weighted by Gasteiger charge is -2.10. The second-order valence-corrected chi connectivity index (χ2v) is 6.63. The molecule has 0 spiro atoms. The molecule has 0 radical (unpaired) electrons. The van der Waals surface area contributed by atoms with Gasteiger partial charge in [0.05, 0.1) is 16.3 Å². The number of hydrogen-bond donors (Lipinski definition) is 1. The minimum atomic E-state index is 0.316. The average Bonchev–Trinajstić information content (AvgIpc) is 3.18. The Kier molecular flexibility index (Phi) is 4.65. The molecule has 1 aliphatic rings. The number of thiazole rings is 1. The first-order valence-corrected chi connectivity index (χ1v) is 8.31. The molecule has 1 N–H and O–H groups in total. The molecule has 1 aromatic heterocycles. The van der Waals surface area contributed by atoms with E-state index >= 15 is 0 Å². The number of nitrogens with zero attached hydrogens (tertiary/aromatic N) is 1. The van der Waals surface area contributed by atoms with Gasteiger partial charge in [0.25, 0.3) is 0 Å². The molecule has 108 valence electrons. The predicted octanol–water partition coefficient (Wildman–Crippen LogP) is 3.76. The Morgan fingerprint density at radius 2 is 2.25 bits per heavy atom. The molecule has 1 atom stereocenters. The minimum Gasteiger partial charge on any atom is -0.381 e. The number of benzene rings is 1. The van der Waals surface area contributed by atoms with Crippen LogP contribution in [0.5, 0.6) is 0 Å². The van der Waals surface area contributed by atoms with Gasteiger partial charge in [0.2, 0.25) is 0 Å². The molecule has 0 amide bonds. The highest BCUT2D eigenvalue weighted by Gasteiger charge is 2.20. The highest BCUT2D eigenvalue weighted by molar-refractivity contribution is 7.18. The van der Waals surface area contributed by atoms with Crippen molar-refractivity contribution in [3.63, 3.8) is 0 Å². The van der Waals surface area contributed by atoms with Crippen LogP contribution >= 0.6 is 11.3 Å². The van der Waals surface area contributed by atoms with Crippen molar-refractivity contribution in [2.75, 3.05) is 19.8 Å². The molecular weight excluding hydrogens is 268 g/mol. The molecule has 1 aliphatic carbocycles. The van der Waals surface area contributed by atoms with E-state index in [0.717, 1.165) is 37.6 Å². The van der Waals surface area contributed by atoms with Crippen LogP contribution < -0.4 is 5.32 Å². The molecule has 3 nitrogen and oxygen atoms in total. The second-order valence-electron chi connectivity index (χ2n) is 5.57. The monoisotopic (exact) mass is 290 g/mol. The van der Waals surface area contributed by atoms with E-state index in [1.54, 1.807) is 11.3 Å². The molecule has 1 heterocycles. The summed E-state index contributed by atoms with van der Waals surface area (Å²) in [5, 5.41) is 4.70. The fourth-order valence-corrected chi connectivity index (χ4v) is 3.18. The van der Waals surface area contributed by atoms with Crippen LogP contribution in [0.4, 0.5) is 0 Å². The molecule has 3 rings (SSSR count). The lowest BCUT2D eigenvalue weighted by atomic mass is 10.3. The van der Waals surface area contributed by atoms with E-state index in [9.17, 15) is 0 Å². The van der Waals surface area contributed by atoms with E-state index < -0.39 is 0 Å². The molecule has 1 saturated carbocycles. The number of ether oxygens (including phenoxy) is 1. The van der Waals surface area contributed by atoms with E-state index in [1.807, 2.05) is 6.07 Å². The van der Waals surface area contributed by atoms with Gasteiger partial charge in [-0.1, -0.05) is 12.1 Å². The van der Waals surface area contributed by atoms with Gasteiger partial charge in [-0.25, -0.2) is 4.98 Å². The summed E-state index contributed by atoms with van der Waals surface area (Å²) in [6, 6.07) is 8.64. The van der Waals surface area contributed by atoms with Crippen LogP contribution in [-0.4, -0.2) is 24.7 Å². The van der Waals surface area contributed by atoms with Crippen LogP contribution in [0.1, 0.15) is 37.2 Å². The summed E-state index contributed by atoms with van der Waals surface area (Å²) in [6.07, 6.45) is 3.81. The van der Waals surface area contributed by atoms with E-state index in [4.69, 9.17) is 4.74 Å². The molecule has 4 heteroatoms. The van der Waals surface area contributed by atoms with E-state index in [2.05, 4.69) is 35.4 Å². The third-order valence-electron chi connectivity index (χ3n) is 3.65. The number of para-hydroxylation sites is 1. The van der Waals surface area contributed by atoms with Gasteiger partial charge in [-0.15, -0.1) is 11.3 Å². The number of rotatable bonds is 8. The Morgan fingerprint density at radius 3 is 3.05 bits per heavy atom. The average molecular weight is 290 g/mol. The smallest absolute Gasteiger partial charge is 0.111 e. The number of nitrogens with one attached hydrogen (secondary N) is 1. The number of aromatic nitrogens is 1. The normalized spacial score (nSPS) is 16.6. The first kappa shape index (κ1) is 14.0. The van der Waals surface area contributed by atoms with Crippen LogP contribution in [0.25, 0.3) is 10.2 Å². The summed E-state index contributed by atoms with van der Waals surface area (Å²) in [4.78, 5) is 4.68. The van der Waals surface area contributed by atoms with Gasteiger partial charge >= 0.3 is 0 Å². The third kappa shape index (κ3) is 3.78. The van der Waals surface area contributed by atoms with Crippen LogP contribution in [0.3, 0.4) is 0 Å². The van der Waals surface area contributed by atoms with Gasteiger partial charge in [-0.05, 0) is 50.8 Å². The topological polar surface area (TPSA) is 34.1 Å². The van der Waals surface area contributed by atoms with Crippen molar-refractivity contribution < 1.29 is 4.74 Å². The predicted molar refractivity (Wildman–Crippen MR) is 84.2 cm³/mol. The highest BCUT2D eigenvalue weighted by Crippen LogP contribution is 2.28. The van der Waals surface area contributed by atoms with Crippen LogP contribution in [0, 0.1) is 5.92 Å². The Hall–Kier alpha value is -0.970. The van der Waals surface area contributed by atoms with E-state index in [1.165, 1.54) is 22.5 Å². The maximum Gasteiger partial charge on any atom is 0.111 e. The summed E-state index contributed by atoms with van der Waals surface area (Å²) >= 11 is 1.78. The van der Waals surface area contributed by atoms with Crippen molar-refractivity contribution in [1.82, 2.24) is 10.3 Å². The van der Waals surface area contributed by atoms with Crippen molar-refractivity contribution in [3.8, 4) is 0 Å². The Morgan fingerprint density at radius 1 is 1.40 bits per heavy atom. The van der Waals surface area contributed by atoms with Gasteiger partial charge < -0.3 is 10.1 Å². The van der Waals surface area contributed by atoms with Crippen LogP contribution in [0.15, 0.2) is 24.3 Å². The SMILES string of the molecule is CC(NCCCOCC1CC1)c1nc2ccccc2s1. The molecule has 1 fully saturated rings. The fraction of sp³-hybridized carbons (Fsp3) is 0.562. The standard InChI is InChI=1S/C16H22N2OS/c1-12(17-9-4-10-19-11-13-7-8-13)16-18-14-5-2-3-6-15(14)20-16/h2-3,5-6,12-13,17H,4,7-11H2,1H3. The van der Waals surface area contributed by atoms with Gasteiger partial charge in [0.15, 0.2) is 0 Å². The summed E-state index contributed by atoms with van der Waals surface area (Å²) in [6.45, 7) is 5.01. The minimum absolute atomic E-state index is 0.316. The fourth-order valence-electron chi connectivity index (χ4n) is 2.19. The summed E-state index contributed by atoms with van der Waals surface area (Å²) in [5.41, 5.74) is 1.11. The Labute approximate surface area is 124 Å². The summed E-state index contributed by atoms with van der Waals surface area (Å²) in [5.74, 6) is 0.865. The Bertz CT molecular complexity index is 517. The maximum absolute atomic E-state index is 5.64. The molecule has 2 aromatic rings. The van der Waals surface area contributed by atoms with Crippen molar-refractivity contribution in [2.45, 2.75) is 32.2 Å². The van der Waals surface area contributed by atoms with Gasteiger partial charge in [0, 0.05) is 13.2 Å². The number of hydrogen-bond acceptors (Lipinski definition) is 4. The third-order valence-corrected chi connectivity index (χ3v) is 4.87. The van der Waals surface area contributed by atoms with E-state index in [0.29, 0.717) is 6.04 Å². The first-order valence-electron chi connectivity index (χ1n) is 7.49. The quantitative estimate of drug-likeness (QED) is 0.752. The zero-order valence-corrected chi connectivity index (χ0v) is 12.8. The molecule has 1 aromatic carbocycles. The second kappa shape index (κ2) is 6.66. The molecule has 1 unspecified atom stereocenters. The van der Waals surface area contributed by atoms with E-state index in [-0.39, 0.29) is 0 Å². The molecule has 0 bridgehead atoms. The molecule has 0 aliphatic heterocycles. The summed E-state index contributed by atoms with van der Waals surface area (Å²) < 4.78 is 6.91. The first-order chi connectivity index (χ1) is 9.83. The molecule has 20 heavy (non-hydrogen) atoms. The summed E-state index contributed by atoms with van der Waals surface area (Å²) in [7, 11) is 0.